The summed E-state index contributed by atoms with van der Waals surface area (Å²) in [5, 5.41) is 25.6. The van der Waals surface area contributed by atoms with Crippen LogP contribution < -0.4 is 15.9 Å². The molecule has 0 spiro atoms. The quantitative estimate of drug-likeness (QED) is 0.302. The summed E-state index contributed by atoms with van der Waals surface area (Å²) in [6.07, 6.45) is 0. The number of benzene rings is 1. The molecule has 0 saturated carbocycles. The van der Waals surface area contributed by atoms with Gasteiger partial charge < -0.3 is 15.9 Å². The van der Waals surface area contributed by atoms with Crippen LogP contribution in [-0.4, -0.2) is 38.5 Å². The summed E-state index contributed by atoms with van der Waals surface area (Å²) < 4.78 is 12.3. The van der Waals surface area contributed by atoms with Gasteiger partial charge in [0.25, 0.3) is 0 Å². The van der Waals surface area contributed by atoms with Gasteiger partial charge in [0, 0.05) is 11.9 Å². The number of nitrogens with one attached hydrogen (secondary N) is 3. The lowest BCUT2D eigenvalue weighted by atomic mass is 9.90. The first-order chi connectivity index (χ1) is 10.1. The van der Waals surface area contributed by atoms with Gasteiger partial charge >= 0.3 is 0 Å². The molecular formula is C14H22N4O3S. The number of rotatable bonds is 5. The molecule has 1 rings (SSSR count). The molecule has 2 atom stereocenters. The molecule has 0 aliphatic heterocycles. The molecule has 1 aromatic rings. The van der Waals surface area contributed by atoms with E-state index in [0.717, 1.165) is 0 Å². The molecule has 8 heteroatoms. The largest absolute Gasteiger partial charge is 0.357 e. The van der Waals surface area contributed by atoms with Crippen LogP contribution in [0.4, 0.5) is 0 Å². The Morgan fingerprint density at radius 1 is 1.32 bits per heavy atom. The van der Waals surface area contributed by atoms with Gasteiger partial charge in [0.05, 0.1) is 15.4 Å². The molecule has 22 heavy (non-hydrogen) atoms. The highest BCUT2D eigenvalue weighted by atomic mass is 32.2. The molecule has 0 aliphatic rings. The van der Waals surface area contributed by atoms with Crippen LogP contribution in [0.5, 0.6) is 0 Å². The Kier molecular flexibility index (Phi) is 5.47. The Labute approximate surface area is 130 Å². The zero-order valence-corrected chi connectivity index (χ0v) is 13.9. The number of hydroxylamine groups is 1. The minimum atomic E-state index is -2.73. The van der Waals surface area contributed by atoms with Gasteiger partial charge in [-0.15, -0.1) is 0 Å². The summed E-state index contributed by atoms with van der Waals surface area (Å²) in [5.41, 5.74) is 0.558. The topological polar surface area (TPSA) is 128 Å². The predicted molar refractivity (Wildman–Crippen MR) is 87.6 cm³/mol. The lowest BCUT2D eigenvalue weighted by molar-refractivity contribution is -0.127. The highest BCUT2D eigenvalue weighted by Crippen LogP contribution is 2.16. The molecule has 6 N–H and O–H groups in total. The van der Waals surface area contributed by atoms with Gasteiger partial charge in [0.15, 0.2) is 5.54 Å². The molecule has 0 radical (unpaired) electrons. The van der Waals surface area contributed by atoms with Crippen LogP contribution in [0.2, 0.25) is 0 Å². The molecular weight excluding hydrogens is 304 g/mol. The summed E-state index contributed by atoms with van der Waals surface area (Å²) in [4.78, 5) is 12.9. The Bertz CT molecular complexity index is 701. The van der Waals surface area contributed by atoms with Crippen molar-refractivity contribution in [1.29, 1.82) is 5.41 Å². The Balaban J connectivity index is 3.26. The van der Waals surface area contributed by atoms with E-state index in [1.807, 2.05) is 5.48 Å². The highest BCUT2D eigenvalue weighted by molar-refractivity contribution is 8.00. The summed E-state index contributed by atoms with van der Waals surface area (Å²) in [7, 11) is -1.32. The minimum absolute atomic E-state index is 0.123. The number of hydrogen-bond donors (Lipinski definition) is 5. The first-order valence-corrected chi connectivity index (χ1v) is 8.18. The molecule has 0 aromatic heterocycles. The van der Waals surface area contributed by atoms with E-state index in [1.165, 1.54) is 14.0 Å². The second-order valence-corrected chi connectivity index (χ2v) is 7.71. The van der Waals surface area contributed by atoms with E-state index in [1.54, 1.807) is 38.1 Å². The molecule has 7 nitrogen and oxygen atoms in total. The van der Waals surface area contributed by atoms with Gasteiger partial charge in [-0.25, -0.2) is 4.21 Å². The fraction of sp³-hybridized carbons (Fsp3) is 0.357. The van der Waals surface area contributed by atoms with Gasteiger partial charge in [-0.3, -0.25) is 9.93 Å². The van der Waals surface area contributed by atoms with Crippen LogP contribution >= 0.6 is 0 Å². The number of carbonyl (C=O) groups is 1. The third-order valence-corrected chi connectivity index (χ3v) is 5.69. The summed E-state index contributed by atoms with van der Waals surface area (Å²) >= 11 is 0. The highest BCUT2D eigenvalue weighted by Gasteiger charge is 2.37. The molecule has 2 unspecified atom stereocenters. The lowest BCUT2D eigenvalue weighted by Gasteiger charge is -2.26. The SMILES string of the molecule is CNC(=O)C(C)(NO)C(=N)c1ccc(S(N)(=O)=C(C)C)cc1. The Hall–Kier alpha value is -1.74. The van der Waals surface area contributed by atoms with Crippen LogP contribution in [0, 0.1) is 5.41 Å². The van der Waals surface area contributed by atoms with Gasteiger partial charge in [-0.2, -0.15) is 5.48 Å². The fourth-order valence-corrected chi connectivity index (χ4v) is 2.83. The predicted octanol–water partition coefficient (Wildman–Crippen LogP) is 0.267. The maximum absolute atomic E-state index is 12.3. The normalized spacial score (nSPS) is 16.3. The standard InChI is InChI=1S/C14H22N4O3S/c1-9(2)22(16,21)11-7-5-10(6-8-11)12(15)14(3,18-20)13(19)17-4/h5-8,15,18,20H,1-4H3,(H2,16,21)(H,17,19). The van der Waals surface area contributed by atoms with E-state index in [-0.39, 0.29) is 5.71 Å². The van der Waals surface area contributed by atoms with Gasteiger partial charge in [0.1, 0.15) is 0 Å². The third-order valence-electron chi connectivity index (χ3n) is 3.50. The Morgan fingerprint density at radius 2 is 1.82 bits per heavy atom. The Morgan fingerprint density at radius 3 is 2.18 bits per heavy atom. The van der Waals surface area contributed by atoms with Crippen LogP contribution in [0.3, 0.4) is 0 Å². The fourth-order valence-electron chi connectivity index (χ4n) is 1.82. The number of nitrogens with two attached hydrogens (primary N) is 1. The smallest absolute Gasteiger partial charge is 0.248 e. The van der Waals surface area contributed by atoms with Crippen molar-refractivity contribution in [2.24, 2.45) is 5.14 Å². The van der Waals surface area contributed by atoms with E-state index in [2.05, 4.69) is 5.32 Å². The van der Waals surface area contributed by atoms with E-state index in [9.17, 15) is 14.2 Å². The average Bonchev–Trinajstić information content (AvgIpc) is 2.52. The number of carbonyl (C=O) groups excluding carboxylic acids is 1. The van der Waals surface area contributed by atoms with Gasteiger partial charge in [-0.05, 0) is 43.3 Å². The van der Waals surface area contributed by atoms with Gasteiger partial charge in [0.2, 0.25) is 5.91 Å². The van der Waals surface area contributed by atoms with Crippen molar-refractivity contribution < 1.29 is 14.2 Å². The van der Waals surface area contributed by atoms with E-state index >= 15 is 0 Å². The van der Waals surface area contributed by atoms with E-state index < -0.39 is 21.2 Å². The van der Waals surface area contributed by atoms with E-state index in [4.69, 9.17) is 10.5 Å². The zero-order valence-electron chi connectivity index (χ0n) is 13.1. The summed E-state index contributed by atoms with van der Waals surface area (Å²) in [6.45, 7) is 4.77. The second kappa shape index (κ2) is 6.57. The van der Waals surface area contributed by atoms with Crippen molar-refractivity contribution >= 4 is 26.2 Å². The third kappa shape index (κ3) is 3.20. The van der Waals surface area contributed by atoms with Crippen LogP contribution in [0.1, 0.15) is 26.3 Å². The molecule has 1 amide bonds. The van der Waals surface area contributed by atoms with Gasteiger partial charge in [-0.1, -0.05) is 12.1 Å². The lowest BCUT2D eigenvalue weighted by Crippen LogP contribution is -2.58. The monoisotopic (exact) mass is 326 g/mol. The van der Waals surface area contributed by atoms with Crippen molar-refractivity contribution in [3.8, 4) is 0 Å². The van der Waals surface area contributed by atoms with Crippen molar-refractivity contribution in [3.63, 3.8) is 0 Å². The molecule has 0 fully saturated rings. The first-order valence-electron chi connectivity index (χ1n) is 6.56. The summed E-state index contributed by atoms with van der Waals surface area (Å²) in [5.74, 6) is -0.551. The number of amides is 1. The van der Waals surface area contributed by atoms with Crippen molar-refractivity contribution in [2.75, 3.05) is 7.05 Å². The van der Waals surface area contributed by atoms with Crippen molar-refractivity contribution in [3.05, 3.63) is 29.8 Å². The average molecular weight is 326 g/mol. The van der Waals surface area contributed by atoms with Crippen molar-refractivity contribution in [1.82, 2.24) is 10.8 Å². The van der Waals surface area contributed by atoms with Crippen LogP contribution in [-0.2, 0) is 14.5 Å². The molecule has 122 valence electrons. The second-order valence-electron chi connectivity index (χ2n) is 5.22. The molecule has 0 bridgehead atoms. The molecule has 1 aromatic carbocycles. The minimum Gasteiger partial charge on any atom is -0.357 e. The molecule has 0 aliphatic carbocycles. The van der Waals surface area contributed by atoms with Crippen molar-refractivity contribution in [2.45, 2.75) is 31.2 Å². The van der Waals surface area contributed by atoms with E-state index in [0.29, 0.717) is 15.3 Å². The molecule has 0 heterocycles. The maximum Gasteiger partial charge on any atom is 0.248 e. The summed E-state index contributed by atoms with van der Waals surface area (Å²) in [6, 6.07) is 6.21. The maximum atomic E-state index is 12.3. The van der Waals surface area contributed by atoms with Crippen LogP contribution in [0.15, 0.2) is 29.2 Å². The molecule has 0 saturated heterocycles. The van der Waals surface area contributed by atoms with Crippen LogP contribution in [0.25, 0.3) is 0 Å². The number of likely N-dealkylation sites (N-methyl/N-ethyl adjacent to an activating group) is 1. The first kappa shape index (κ1) is 18.3. The zero-order chi connectivity index (χ0) is 17.1. The number of hydrogen-bond acceptors (Lipinski definition) is 5.